The molecule has 1 fully saturated rings. The van der Waals surface area contributed by atoms with Gasteiger partial charge in [-0.25, -0.2) is 4.57 Å². The quantitative estimate of drug-likeness (QED) is 0.749. The van der Waals surface area contributed by atoms with Crippen molar-refractivity contribution in [3.8, 4) is 0 Å². The summed E-state index contributed by atoms with van der Waals surface area (Å²) in [6.07, 6.45) is 11.1. The third-order valence-electron chi connectivity index (χ3n) is 4.89. The average Bonchev–Trinajstić information content (AvgIpc) is 2.93. The molecule has 132 valence electrons. The van der Waals surface area contributed by atoms with E-state index < -0.39 is 0 Å². The second kappa shape index (κ2) is 9.31. The molecule has 0 bridgehead atoms. The summed E-state index contributed by atoms with van der Waals surface area (Å²) in [6.45, 7) is 9.84. The number of aryl methyl sites for hydroxylation is 1. The number of rotatable bonds is 5. The van der Waals surface area contributed by atoms with Crippen LogP contribution in [0.25, 0.3) is 0 Å². The Morgan fingerprint density at radius 2 is 2.13 bits per heavy atom. The molecule has 0 amide bonds. The Labute approximate surface area is 146 Å². The summed E-state index contributed by atoms with van der Waals surface area (Å²) in [6, 6.07) is 0. The molecule has 0 spiro atoms. The van der Waals surface area contributed by atoms with Gasteiger partial charge >= 0.3 is 6.09 Å². The third-order valence-corrected chi connectivity index (χ3v) is 4.89. The summed E-state index contributed by atoms with van der Waals surface area (Å²) < 4.78 is 9.48. The first-order valence-corrected chi connectivity index (χ1v) is 8.79. The van der Waals surface area contributed by atoms with Gasteiger partial charge < -0.3 is 17.1 Å². The normalized spacial score (nSPS) is 24.3. The highest BCUT2D eigenvalue weighted by Gasteiger charge is 2.34. The van der Waals surface area contributed by atoms with E-state index in [1.165, 1.54) is 12.8 Å². The van der Waals surface area contributed by atoms with Gasteiger partial charge in [0.1, 0.15) is 18.5 Å². The number of unbranched alkanes of at least 4 members (excludes halogenated alkanes) is 1. The molecule has 4 nitrogen and oxygen atoms in total. The molecule has 0 radical (unpaired) electrons. The smallest absolute Gasteiger partial charge is 0.511 e. The van der Waals surface area contributed by atoms with Crippen LogP contribution in [0.3, 0.4) is 0 Å². The van der Waals surface area contributed by atoms with Gasteiger partial charge in [0.05, 0.1) is 6.54 Å². The number of halogens is 1. The number of hydrogen-bond donors (Lipinski definition) is 0. The summed E-state index contributed by atoms with van der Waals surface area (Å²) >= 11 is 0. The van der Waals surface area contributed by atoms with Gasteiger partial charge in [0.15, 0.2) is 0 Å². The maximum absolute atomic E-state index is 12.4. The van der Waals surface area contributed by atoms with E-state index in [4.69, 9.17) is 4.74 Å². The van der Waals surface area contributed by atoms with Crippen molar-refractivity contribution >= 4 is 6.09 Å². The first-order valence-electron chi connectivity index (χ1n) is 8.79. The lowest BCUT2D eigenvalue weighted by molar-refractivity contribution is -0.696. The van der Waals surface area contributed by atoms with Gasteiger partial charge in [0.2, 0.25) is 0 Å². The lowest BCUT2D eigenvalue weighted by Crippen LogP contribution is -3.00. The minimum absolute atomic E-state index is 0. The SMILES string of the molecule is CCCC[n+]1ccn(C(=O)O[C@@H]2C[C@H](C)CC[C@H]2C(C)C)c1.[Cl-]. The van der Waals surface area contributed by atoms with Gasteiger partial charge in [0, 0.05) is 0 Å². The van der Waals surface area contributed by atoms with Gasteiger partial charge in [0.25, 0.3) is 6.33 Å². The van der Waals surface area contributed by atoms with E-state index in [1.54, 1.807) is 10.8 Å². The minimum Gasteiger partial charge on any atom is -1.00 e. The molecule has 1 aromatic rings. The van der Waals surface area contributed by atoms with Crippen molar-refractivity contribution in [2.24, 2.45) is 17.8 Å². The van der Waals surface area contributed by atoms with Crippen LogP contribution >= 0.6 is 0 Å². The molecular weight excluding hydrogens is 312 g/mol. The van der Waals surface area contributed by atoms with Crippen LogP contribution < -0.4 is 17.0 Å². The molecule has 0 aromatic carbocycles. The standard InChI is InChI=1S/C18H31N2O2.ClH/c1-5-6-9-19-10-11-20(13-19)18(21)22-17-12-15(4)7-8-16(17)14(2)3;/h10-11,13-17H,5-9,12H2,1-4H3;1H/q+1;/p-1/t15-,16+,17-;/m1./s1. The third kappa shape index (κ3) is 5.52. The second-order valence-electron chi connectivity index (χ2n) is 7.16. The molecule has 5 heteroatoms. The number of hydrogen-bond acceptors (Lipinski definition) is 2. The monoisotopic (exact) mass is 342 g/mol. The number of ether oxygens (including phenoxy) is 1. The van der Waals surface area contributed by atoms with Crippen LogP contribution in [0.2, 0.25) is 0 Å². The van der Waals surface area contributed by atoms with E-state index in [-0.39, 0.29) is 24.6 Å². The zero-order valence-corrected chi connectivity index (χ0v) is 15.6. The predicted octanol–water partition coefficient (Wildman–Crippen LogP) is 1.03. The molecule has 1 saturated carbocycles. The maximum Gasteiger partial charge on any atom is 0.511 e. The van der Waals surface area contributed by atoms with Gasteiger partial charge in [-0.1, -0.05) is 40.5 Å². The summed E-state index contributed by atoms with van der Waals surface area (Å²) in [5, 5.41) is 0. The van der Waals surface area contributed by atoms with Crippen molar-refractivity contribution in [1.82, 2.24) is 4.57 Å². The maximum atomic E-state index is 12.4. The number of carbonyl (C=O) groups excluding carboxylic acids is 1. The number of nitrogens with zero attached hydrogens (tertiary/aromatic N) is 2. The Kier molecular flexibility index (Phi) is 8.10. The fraction of sp³-hybridized carbons (Fsp3) is 0.778. The first-order chi connectivity index (χ1) is 10.5. The fourth-order valence-corrected chi connectivity index (χ4v) is 3.42. The van der Waals surface area contributed by atoms with Crippen LogP contribution in [-0.4, -0.2) is 16.8 Å². The molecule has 3 atom stereocenters. The highest BCUT2D eigenvalue weighted by Crippen LogP contribution is 2.35. The topological polar surface area (TPSA) is 35.1 Å². The Balaban J connectivity index is 0.00000264. The molecule has 1 heterocycles. The average molecular weight is 343 g/mol. The molecule has 1 aliphatic carbocycles. The van der Waals surface area contributed by atoms with Crippen molar-refractivity contribution in [3.63, 3.8) is 0 Å². The van der Waals surface area contributed by atoms with Crippen molar-refractivity contribution in [2.75, 3.05) is 0 Å². The number of aromatic nitrogens is 2. The van der Waals surface area contributed by atoms with Crippen molar-refractivity contribution in [1.29, 1.82) is 0 Å². The fourth-order valence-electron chi connectivity index (χ4n) is 3.42. The van der Waals surface area contributed by atoms with Gasteiger partial charge in [-0.2, -0.15) is 4.79 Å². The summed E-state index contributed by atoms with van der Waals surface area (Å²) in [4.78, 5) is 12.4. The van der Waals surface area contributed by atoms with Crippen LogP contribution in [0.4, 0.5) is 4.79 Å². The summed E-state index contributed by atoms with van der Waals surface area (Å²) in [5.74, 6) is 1.69. The van der Waals surface area contributed by atoms with Gasteiger partial charge in [-0.3, -0.25) is 0 Å². The molecule has 1 aliphatic rings. The molecule has 1 aromatic heterocycles. The number of imidazole rings is 1. The predicted molar refractivity (Wildman–Crippen MR) is 86.5 cm³/mol. The zero-order valence-electron chi connectivity index (χ0n) is 14.9. The van der Waals surface area contributed by atoms with Crippen LogP contribution in [0.15, 0.2) is 18.7 Å². The molecule has 2 rings (SSSR count). The van der Waals surface area contributed by atoms with Crippen LogP contribution in [0.5, 0.6) is 0 Å². The van der Waals surface area contributed by atoms with E-state index in [2.05, 4.69) is 27.7 Å². The van der Waals surface area contributed by atoms with Crippen molar-refractivity contribution in [2.45, 2.75) is 72.4 Å². The molecular formula is C18H31ClN2O2. The van der Waals surface area contributed by atoms with Crippen LogP contribution in [0.1, 0.15) is 59.8 Å². The molecule has 23 heavy (non-hydrogen) atoms. The first kappa shape index (κ1) is 20.0. The van der Waals surface area contributed by atoms with Crippen LogP contribution in [0, 0.1) is 17.8 Å². The number of carbonyl (C=O) groups is 1. The molecule has 0 N–H and O–H groups in total. The Bertz CT molecular complexity index is 487. The van der Waals surface area contributed by atoms with Gasteiger partial charge in [-0.15, -0.1) is 4.57 Å². The zero-order chi connectivity index (χ0) is 16.1. The van der Waals surface area contributed by atoms with Crippen LogP contribution in [-0.2, 0) is 11.3 Å². The lowest BCUT2D eigenvalue weighted by Gasteiger charge is -2.35. The molecule has 0 saturated heterocycles. The second-order valence-corrected chi connectivity index (χ2v) is 7.16. The summed E-state index contributed by atoms with van der Waals surface area (Å²) in [5.41, 5.74) is 0. The Morgan fingerprint density at radius 3 is 2.78 bits per heavy atom. The van der Waals surface area contributed by atoms with E-state index in [1.807, 2.05) is 17.1 Å². The Hall–Kier alpha value is -1.03. The van der Waals surface area contributed by atoms with Crippen molar-refractivity contribution in [3.05, 3.63) is 18.7 Å². The van der Waals surface area contributed by atoms with E-state index >= 15 is 0 Å². The Morgan fingerprint density at radius 1 is 1.39 bits per heavy atom. The highest BCUT2D eigenvalue weighted by atomic mass is 35.5. The molecule has 0 aliphatic heterocycles. The summed E-state index contributed by atoms with van der Waals surface area (Å²) in [7, 11) is 0. The van der Waals surface area contributed by atoms with Gasteiger partial charge in [-0.05, 0) is 37.0 Å². The van der Waals surface area contributed by atoms with E-state index in [0.717, 1.165) is 25.8 Å². The molecule has 0 unspecified atom stereocenters. The van der Waals surface area contributed by atoms with Crippen molar-refractivity contribution < 1.29 is 26.5 Å². The van der Waals surface area contributed by atoms with E-state index in [9.17, 15) is 4.79 Å². The lowest BCUT2D eigenvalue weighted by atomic mass is 9.75. The highest BCUT2D eigenvalue weighted by molar-refractivity contribution is 5.70. The van der Waals surface area contributed by atoms with E-state index in [0.29, 0.717) is 17.8 Å². The largest absolute Gasteiger partial charge is 1.00 e. The minimum atomic E-state index is -0.236.